The van der Waals surface area contributed by atoms with Gasteiger partial charge in [-0.2, -0.15) is 0 Å². The third-order valence-corrected chi connectivity index (χ3v) is 3.52. The van der Waals surface area contributed by atoms with Crippen molar-refractivity contribution in [3.8, 4) is 0 Å². The van der Waals surface area contributed by atoms with Gasteiger partial charge in [0.05, 0.1) is 22.6 Å². The number of halogens is 1. The first-order valence-electron chi connectivity index (χ1n) is 7.35. The van der Waals surface area contributed by atoms with Gasteiger partial charge < -0.3 is 20.2 Å². The van der Waals surface area contributed by atoms with Crippen molar-refractivity contribution in [3.63, 3.8) is 0 Å². The van der Waals surface area contributed by atoms with Gasteiger partial charge in [0.1, 0.15) is 6.61 Å². The van der Waals surface area contributed by atoms with E-state index < -0.39 is 52.9 Å². The lowest BCUT2D eigenvalue weighted by Gasteiger charge is -2.25. The second-order valence-corrected chi connectivity index (χ2v) is 5.35. The number of hydrogen-bond acceptors (Lipinski definition) is 8. The summed E-state index contributed by atoms with van der Waals surface area (Å²) in [5.74, 6) is -2.37. The number of fused-ring (bicyclic) bond motifs is 1. The van der Waals surface area contributed by atoms with E-state index in [0.29, 0.717) is 5.06 Å². The summed E-state index contributed by atoms with van der Waals surface area (Å²) in [6.45, 7) is -0.505. The van der Waals surface area contributed by atoms with Crippen molar-refractivity contribution < 1.29 is 29.6 Å². The number of nitrogens with one attached hydrogen (secondary N) is 2. The number of carboxylic acid groups (broad SMARTS) is 1. The number of aliphatic hydroxyl groups excluding tert-OH is 1. The number of aromatic amines is 2. The summed E-state index contributed by atoms with van der Waals surface area (Å²) in [6.07, 6.45) is 0. The van der Waals surface area contributed by atoms with E-state index in [1.807, 2.05) is 0 Å². The Labute approximate surface area is 165 Å². The standard InChI is InChI=1S/C14H14N4O9.BrH/c1-6(20)17(10(4-19)14(23)24)27-5-7-2-8(18(25)26)3-9-11(7)16-13(22)12(21)15-9;/h2-3,10,19H,4-5H2,1H3,(H,15,21)(H,16,22)(H,23,24);1H/t10-;/m0./s1. The van der Waals surface area contributed by atoms with Gasteiger partial charge in [-0.15, -0.1) is 17.0 Å². The lowest BCUT2D eigenvalue weighted by Crippen LogP contribution is -2.46. The number of benzene rings is 1. The highest BCUT2D eigenvalue weighted by Crippen LogP contribution is 2.22. The number of H-pyrrole nitrogens is 2. The molecule has 28 heavy (non-hydrogen) atoms. The first-order chi connectivity index (χ1) is 12.6. The Bertz CT molecular complexity index is 1030. The predicted octanol–water partition coefficient (Wildman–Crippen LogP) is -0.572. The number of non-ortho nitro benzene ring substituents is 1. The number of carboxylic acids is 1. The number of rotatable bonds is 7. The molecule has 1 atom stereocenters. The second-order valence-electron chi connectivity index (χ2n) is 5.35. The monoisotopic (exact) mass is 462 g/mol. The average molecular weight is 463 g/mol. The van der Waals surface area contributed by atoms with Crippen LogP contribution < -0.4 is 11.1 Å². The number of aliphatic hydroxyl groups is 1. The van der Waals surface area contributed by atoms with Crippen LogP contribution in [0.4, 0.5) is 5.69 Å². The van der Waals surface area contributed by atoms with Crippen LogP contribution in [-0.2, 0) is 21.0 Å². The SMILES string of the molecule is Br.CC(=O)N(OCc1cc([N+](=O)[O-])cc2[nH]c(=O)c(=O)[nH]c12)[C@@H](CO)C(=O)O. The van der Waals surface area contributed by atoms with E-state index in [1.165, 1.54) is 0 Å². The van der Waals surface area contributed by atoms with Crippen molar-refractivity contribution in [2.75, 3.05) is 6.61 Å². The quantitative estimate of drug-likeness (QED) is 0.236. The van der Waals surface area contributed by atoms with Crippen molar-refractivity contribution in [1.82, 2.24) is 15.0 Å². The molecule has 0 radical (unpaired) electrons. The van der Waals surface area contributed by atoms with Crippen LogP contribution in [0.15, 0.2) is 21.7 Å². The molecule has 0 fully saturated rings. The zero-order valence-corrected chi connectivity index (χ0v) is 15.9. The fourth-order valence-electron chi connectivity index (χ4n) is 2.29. The first kappa shape index (κ1) is 22.9. The summed E-state index contributed by atoms with van der Waals surface area (Å²) in [7, 11) is 0. The molecule has 0 bridgehead atoms. The first-order valence-corrected chi connectivity index (χ1v) is 7.35. The van der Waals surface area contributed by atoms with Crippen LogP contribution in [-0.4, -0.2) is 54.7 Å². The van der Waals surface area contributed by atoms with E-state index in [1.54, 1.807) is 0 Å². The van der Waals surface area contributed by atoms with Crippen LogP contribution in [0.1, 0.15) is 12.5 Å². The molecular weight excluding hydrogens is 448 g/mol. The lowest BCUT2D eigenvalue weighted by molar-refractivity contribution is -0.384. The van der Waals surface area contributed by atoms with Crippen molar-refractivity contribution >= 4 is 45.6 Å². The molecule has 152 valence electrons. The van der Waals surface area contributed by atoms with E-state index >= 15 is 0 Å². The van der Waals surface area contributed by atoms with Crippen molar-refractivity contribution in [1.29, 1.82) is 0 Å². The number of nitro benzene ring substituents is 1. The Balaban J connectivity index is 0.00000392. The van der Waals surface area contributed by atoms with Gasteiger partial charge in [0, 0.05) is 24.6 Å². The Morgan fingerprint density at radius 3 is 2.39 bits per heavy atom. The molecule has 13 nitrogen and oxygen atoms in total. The molecule has 1 heterocycles. The van der Waals surface area contributed by atoms with Gasteiger partial charge in [0.25, 0.3) is 5.69 Å². The molecule has 0 aliphatic heterocycles. The van der Waals surface area contributed by atoms with Crippen molar-refractivity contribution in [3.05, 3.63) is 48.5 Å². The largest absolute Gasteiger partial charge is 0.480 e. The van der Waals surface area contributed by atoms with Gasteiger partial charge >= 0.3 is 17.1 Å². The topological polar surface area (TPSA) is 196 Å². The van der Waals surface area contributed by atoms with Gasteiger partial charge in [-0.25, -0.2) is 9.86 Å². The molecule has 4 N–H and O–H groups in total. The summed E-state index contributed by atoms with van der Waals surface area (Å²) in [4.78, 5) is 65.6. The number of amides is 1. The third kappa shape index (κ3) is 4.79. The Morgan fingerprint density at radius 1 is 1.29 bits per heavy atom. The van der Waals surface area contributed by atoms with Crippen LogP contribution in [0.5, 0.6) is 0 Å². The summed E-state index contributed by atoms with van der Waals surface area (Å²) in [6, 6.07) is 0.349. The maximum Gasteiger partial charge on any atom is 0.331 e. The van der Waals surface area contributed by atoms with Gasteiger partial charge in [-0.1, -0.05) is 0 Å². The predicted molar refractivity (Wildman–Crippen MR) is 98.0 cm³/mol. The number of aliphatic carboxylic acids is 1. The van der Waals surface area contributed by atoms with Gasteiger partial charge in [-0.05, 0) is 0 Å². The van der Waals surface area contributed by atoms with Gasteiger partial charge in [-0.3, -0.25) is 29.3 Å². The van der Waals surface area contributed by atoms with E-state index in [2.05, 4.69) is 9.97 Å². The molecular formula is C14H15BrN4O9. The average Bonchev–Trinajstić information content (AvgIpc) is 2.58. The zero-order valence-electron chi connectivity index (χ0n) is 14.2. The number of carbonyl (C=O) groups is 2. The fraction of sp³-hybridized carbons (Fsp3) is 0.286. The molecule has 2 aromatic rings. The minimum absolute atomic E-state index is 0. The van der Waals surface area contributed by atoms with Crippen LogP contribution in [0.25, 0.3) is 11.0 Å². The minimum atomic E-state index is -1.70. The van der Waals surface area contributed by atoms with Crippen molar-refractivity contribution in [2.45, 2.75) is 19.6 Å². The van der Waals surface area contributed by atoms with Crippen LogP contribution in [0, 0.1) is 10.1 Å². The maximum atomic E-state index is 11.6. The van der Waals surface area contributed by atoms with Crippen molar-refractivity contribution in [2.24, 2.45) is 0 Å². The number of nitrogens with zero attached hydrogens (tertiary/aromatic N) is 2. The van der Waals surface area contributed by atoms with E-state index in [9.17, 15) is 29.3 Å². The molecule has 1 aromatic carbocycles. The summed E-state index contributed by atoms with van der Waals surface area (Å²) in [5, 5.41) is 29.6. The molecule has 0 saturated heterocycles. The van der Waals surface area contributed by atoms with E-state index in [0.717, 1.165) is 19.1 Å². The van der Waals surface area contributed by atoms with Crippen LogP contribution >= 0.6 is 17.0 Å². The summed E-state index contributed by atoms with van der Waals surface area (Å²) < 4.78 is 0. The van der Waals surface area contributed by atoms with Gasteiger partial charge in [0.2, 0.25) is 5.91 Å². The molecule has 0 aliphatic rings. The third-order valence-electron chi connectivity index (χ3n) is 3.52. The highest BCUT2D eigenvalue weighted by Gasteiger charge is 2.29. The Kier molecular flexibility index (Phi) is 7.54. The normalized spacial score (nSPS) is 11.5. The number of hydrogen-bond donors (Lipinski definition) is 4. The number of nitro groups is 1. The molecule has 1 amide bonds. The molecule has 0 saturated carbocycles. The maximum absolute atomic E-state index is 11.6. The minimum Gasteiger partial charge on any atom is -0.480 e. The second kappa shape index (κ2) is 9.20. The highest BCUT2D eigenvalue weighted by atomic mass is 79.9. The zero-order chi connectivity index (χ0) is 20.3. The molecule has 1 aromatic heterocycles. The molecule has 0 aliphatic carbocycles. The molecule has 0 unspecified atom stereocenters. The Morgan fingerprint density at radius 2 is 1.89 bits per heavy atom. The molecule has 2 rings (SSSR count). The smallest absolute Gasteiger partial charge is 0.331 e. The van der Waals surface area contributed by atoms with Gasteiger partial charge in [0.15, 0.2) is 6.04 Å². The molecule has 14 heteroatoms. The number of hydroxylamine groups is 2. The lowest BCUT2D eigenvalue weighted by atomic mass is 10.1. The molecule has 0 spiro atoms. The van der Waals surface area contributed by atoms with Crippen LogP contribution in [0.2, 0.25) is 0 Å². The number of aromatic nitrogens is 2. The van der Waals surface area contributed by atoms with Crippen LogP contribution in [0.3, 0.4) is 0 Å². The van der Waals surface area contributed by atoms with E-state index in [-0.39, 0.29) is 33.6 Å². The Hall–Kier alpha value is -3.10. The van der Waals surface area contributed by atoms with E-state index in [4.69, 9.17) is 15.1 Å². The highest BCUT2D eigenvalue weighted by molar-refractivity contribution is 8.93. The summed E-state index contributed by atoms with van der Waals surface area (Å²) >= 11 is 0. The summed E-state index contributed by atoms with van der Waals surface area (Å²) in [5.41, 5.74) is -2.52. The number of carbonyl (C=O) groups excluding carboxylic acids is 1. The fourth-order valence-corrected chi connectivity index (χ4v) is 2.29.